The normalized spacial score (nSPS) is 18.9. The molecule has 0 atom stereocenters. The van der Waals surface area contributed by atoms with E-state index in [0.717, 1.165) is 10.8 Å². The summed E-state index contributed by atoms with van der Waals surface area (Å²) in [4.78, 5) is 15.6. The molecule has 28 heavy (non-hydrogen) atoms. The predicted octanol–water partition coefficient (Wildman–Crippen LogP) is 3.67. The number of aromatic amines is 1. The lowest BCUT2D eigenvalue weighted by Crippen LogP contribution is -2.49. The SMILES string of the molecule is O=C(CSc1nn[nH][n+]1-c1ccccc1)N(C1CCCCC1)C1CCCCC1. The zero-order valence-electron chi connectivity index (χ0n) is 16.4. The Morgan fingerprint density at radius 3 is 2.21 bits per heavy atom. The summed E-state index contributed by atoms with van der Waals surface area (Å²) in [6.45, 7) is 0. The summed E-state index contributed by atoms with van der Waals surface area (Å²) in [7, 11) is 0. The van der Waals surface area contributed by atoms with Gasteiger partial charge in [-0.15, -0.1) is 4.68 Å². The first-order chi connectivity index (χ1) is 13.8. The summed E-state index contributed by atoms with van der Waals surface area (Å²) < 4.78 is 1.84. The molecular formula is C21H30N5OS+. The molecule has 7 heteroatoms. The number of thioether (sulfide) groups is 1. The van der Waals surface area contributed by atoms with Crippen molar-refractivity contribution in [1.29, 1.82) is 0 Å². The molecule has 2 fully saturated rings. The maximum Gasteiger partial charge on any atom is 0.365 e. The van der Waals surface area contributed by atoms with Gasteiger partial charge in [0.2, 0.25) is 5.91 Å². The van der Waals surface area contributed by atoms with Gasteiger partial charge in [0.25, 0.3) is 0 Å². The minimum absolute atomic E-state index is 0.270. The lowest BCUT2D eigenvalue weighted by Gasteiger charge is -2.41. The minimum Gasteiger partial charge on any atom is -0.336 e. The van der Waals surface area contributed by atoms with Crippen LogP contribution >= 0.6 is 11.8 Å². The first-order valence-electron chi connectivity index (χ1n) is 10.7. The standard InChI is InChI=1S/C21H29N5OS/c27-20(16-28-21-22-23-24-26(21)19-14-8-3-9-15-19)25(17-10-4-1-5-11-17)18-12-6-2-7-13-18/h3,8-9,14-15,17-18H,1-2,4-7,10-13,16H2/p+1. The molecule has 0 bridgehead atoms. The second kappa shape index (κ2) is 9.54. The van der Waals surface area contributed by atoms with Crippen LogP contribution in [0.5, 0.6) is 0 Å². The number of para-hydroxylation sites is 1. The quantitative estimate of drug-likeness (QED) is 0.593. The van der Waals surface area contributed by atoms with Gasteiger partial charge in [-0.1, -0.05) is 61.9 Å². The van der Waals surface area contributed by atoms with Crippen LogP contribution in [0.1, 0.15) is 64.2 Å². The Hall–Kier alpha value is -1.89. The van der Waals surface area contributed by atoms with Crippen LogP contribution in [0.15, 0.2) is 35.5 Å². The van der Waals surface area contributed by atoms with E-state index in [1.54, 1.807) is 0 Å². The van der Waals surface area contributed by atoms with Crippen molar-refractivity contribution in [1.82, 2.24) is 20.4 Å². The van der Waals surface area contributed by atoms with Gasteiger partial charge >= 0.3 is 5.16 Å². The molecule has 0 aliphatic heterocycles. The summed E-state index contributed by atoms with van der Waals surface area (Å²) in [5, 5.41) is 11.8. The van der Waals surface area contributed by atoms with Gasteiger partial charge in [0.15, 0.2) is 5.21 Å². The fourth-order valence-electron chi connectivity index (χ4n) is 4.66. The number of tetrazole rings is 1. The number of rotatable bonds is 6. The molecule has 1 N–H and O–H groups in total. The van der Waals surface area contributed by atoms with E-state index in [0.29, 0.717) is 17.8 Å². The maximum atomic E-state index is 13.3. The fraction of sp³-hybridized carbons (Fsp3) is 0.619. The molecule has 0 spiro atoms. The summed E-state index contributed by atoms with van der Waals surface area (Å²) in [6.07, 6.45) is 12.3. The first kappa shape index (κ1) is 19.4. The van der Waals surface area contributed by atoms with Crippen LogP contribution in [-0.2, 0) is 4.79 Å². The van der Waals surface area contributed by atoms with E-state index in [4.69, 9.17) is 0 Å². The van der Waals surface area contributed by atoms with Crippen molar-refractivity contribution in [3.8, 4) is 5.69 Å². The Kier molecular flexibility index (Phi) is 6.62. The first-order valence-corrected chi connectivity index (χ1v) is 11.6. The van der Waals surface area contributed by atoms with Crippen LogP contribution < -0.4 is 4.68 Å². The number of amides is 1. The van der Waals surface area contributed by atoms with Crippen LogP contribution in [-0.4, -0.2) is 44.2 Å². The summed E-state index contributed by atoms with van der Waals surface area (Å²) in [6, 6.07) is 10.8. The molecule has 0 unspecified atom stereocenters. The molecule has 0 saturated heterocycles. The van der Waals surface area contributed by atoms with Gasteiger partial charge in [0.05, 0.1) is 5.75 Å². The fourth-order valence-corrected chi connectivity index (χ4v) is 5.44. The zero-order chi connectivity index (χ0) is 19.2. The highest BCUT2D eigenvalue weighted by atomic mass is 32.2. The smallest absolute Gasteiger partial charge is 0.336 e. The third kappa shape index (κ3) is 4.57. The lowest BCUT2D eigenvalue weighted by atomic mass is 9.88. The average molecular weight is 401 g/mol. The van der Waals surface area contributed by atoms with Crippen LogP contribution in [0.3, 0.4) is 0 Å². The second-order valence-electron chi connectivity index (χ2n) is 7.93. The van der Waals surface area contributed by atoms with Crippen LogP contribution in [0.4, 0.5) is 0 Å². The topological polar surface area (TPSA) is 65.8 Å². The number of nitrogens with one attached hydrogen (secondary N) is 1. The van der Waals surface area contributed by atoms with E-state index >= 15 is 0 Å². The lowest BCUT2D eigenvalue weighted by molar-refractivity contribution is -0.697. The van der Waals surface area contributed by atoms with Crippen LogP contribution in [0.25, 0.3) is 5.69 Å². The number of carbonyl (C=O) groups excluding carboxylic acids is 1. The number of carbonyl (C=O) groups is 1. The molecule has 4 rings (SSSR count). The molecule has 2 aromatic rings. The molecule has 1 aromatic carbocycles. The van der Waals surface area contributed by atoms with Gasteiger partial charge in [-0.05, 0) is 49.6 Å². The second-order valence-corrected chi connectivity index (χ2v) is 8.87. The van der Waals surface area contributed by atoms with Crippen LogP contribution in [0, 0.1) is 0 Å². The van der Waals surface area contributed by atoms with Crippen molar-refractivity contribution < 1.29 is 9.48 Å². The Morgan fingerprint density at radius 1 is 1.00 bits per heavy atom. The molecular weight excluding hydrogens is 370 g/mol. The molecule has 1 heterocycles. The maximum absolute atomic E-state index is 13.3. The monoisotopic (exact) mass is 400 g/mol. The van der Waals surface area contributed by atoms with Crippen molar-refractivity contribution in [3.63, 3.8) is 0 Å². The number of nitrogens with zero attached hydrogens (tertiary/aromatic N) is 4. The van der Waals surface area contributed by atoms with Crippen molar-refractivity contribution in [2.45, 2.75) is 81.4 Å². The van der Waals surface area contributed by atoms with Gasteiger partial charge < -0.3 is 4.90 Å². The van der Waals surface area contributed by atoms with Gasteiger partial charge in [-0.2, -0.15) is 0 Å². The largest absolute Gasteiger partial charge is 0.365 e. The number of benzene rings is 1. The van der Waals surface area contributed by atoms with E-state index in [2.05, 4.69) is 20.4 Å². The van der Waals surface area contributed by atoms with E-state index in [1.165, 1.54) is 76.0 Å². The molecule has 0 radical (unpaired) electrons. The van der Waals surface area contributed by atoms with Gasteiger partial charge in [-0.3, -0.25) is 4.79 Å². The van der Waals surface area contributed by atoms with Crippen molar-refractivity contribution in [2.75, 3.05) is 5.75 Å². The number of hydrogen-bond donors (Lipinski definition) is 1. The number of H-pyrrole nitrogens is 1. The Bertz CT molecular complexity index is 735. The highest BCUT2D eigenvalue weighted by molar-refractivity contribution is 7.99. The van der Waals surface area contributed by atoms with Crippen molar-refractivity contribution in [3.05, 3.63) is 30.3 Å². The van der Waals surface area contributed by atoms with E-state index in [1.807, 2.05) is 35.0 Å². The number of aromatic nitrogens is 4. The van der Waals surface area contributed by atoms with Crippen molar-refractivity contribution >= 4 is 17.7 Å². The molecule has 150 valence electrons. The number of hydrogen-bond acceptors (Lipinski definition) is 4. The molecule has 6 nitrogen and oxygen atoms in total. The Morgan fingerprint density at radius 2 is 1.61 bits per heavy atom. The molecule has 2 saturated carbocycles. The van der Waals surface area contributed by atoms with Gasteiger partial charge in [-0.25, -0.2) is 0 Å². The van der Waals surface area contributed by atoms with Gasteiger partial charge in [0.1, 0.15) is 10.8 Å². The van der Waals surface area contributed by atoms with E-state index in [9.17, 15) is 4.79 Å². The minimum atomic E-state index is 0.270. The zero-order valence-corrected chi connectivity index (χ0v) is 17.2. The Labute approximate surface area is 171 Å². The molecule has 1 amide bonds. The summed E-state index contributed by atoms with van der Waals surface area (Å²) in [5.41, 5.74) is 0.971. The van der Waals surface area contributed by atoms with Crippen molar-refractivity contribution in [2.24, 2.45) is 0 Å². The van der Waals surface area contributed by atoms with Gasteiger partial charge in [0, 0.05) is 12.1 Å². The predicted molar refractivity (Wildman–Crippen MR) is 109 cm³/mol. The molecule has 1 aromatic heterocycles. The van der Waals surface area contributed by atoms with E-state index < -0.39 is 0 Å². The summed E-state index contributed by atoms with van der Waals surface area (Å²) in [5.74, 6) is 0.693. The molecule has 2 aliphatic rings. The van der Waals surface area contributed by atoms with E-state index in [-0.39, 0.29) is 5.91 Å². The van der Waals surface area contributed by atoms with Crippen LogP contribution in [0.2, 0.25) is 0 Å². The highest BCUT2D eigenvalue weighted by Crippen LogP contribution is 2.31. The average Bonchev–Trinajstić information content (AvgIpc) is 3.23. The highest BCUT2D eigenvalue weighted by Gasteiger charge is 2.33. The third-order valence-corrected chi connectivity index (χ3v) is 6.95. The third-order valence-electron chi connectivity index (χ3n) is 6.03. The molecule has 2 aliphatic carbocycles. The summed E-state index contributed by atoms with van der Waals surface area (Å²) >= 11 is 1.48. The Balaban J connectivity index is 1.45.